The van der Waals surface area contributed by atoms with Crippen molar-refractivity contribution in [3.8, 4) is 0 Å². The number of anilines is 2. The van der Waals surface area contributed by atoms with Gasteiger partial charge in [-0.3, -0.25) is 4.79 Å². The van der Waals surface area contributed by atoms with E-state index < -0.39 is 5.97 Å². The van der Waals surface area contributed by atoms with Gasteiger partial charge in [0, 0.05) is 7.05 Å². The van der Waals surface area contributed by atoms with Crippen molar-refractivity contribution in [2.24, 2.45) is 0 Å². The highest BCUT2D eigenvalue weighted by atomic mass is 16.5. The molecule has 0 saturated heterocycles. The maximum absolute atomic E-state index is 12.0. The quantitative estimate of drug-likeness (QED) is 0.635. The van der Waals surface area contributed by atoms with Gasteiger partial charge < -0.3 is 15.0 Å². The van der Waals surface area contributed by atoms with Crippen molar-refractivity contribution < 1.29 is 14.3 Å². The third-order valence-electron chi connectivity index (χ3n) is 2.62. The molecular weight excluding hydrogens is 232 g/mol. The first kappa shape index (κ1) is 12.2. The van der Waals surface area contributed by atoms with Crippen LogP contribution in [0, 0.1) is 0 Å². The first-order valence-electron chi connectivity index (χ1n) is 5.66. The summed E-state index contributed by atoms with van der Waals surface area (Å²) >= 11 is 0. The van der Waals surface area contributed by atoms with Gasteiger partial charge in [0.25, 0.3) is 5.91 Å². The third-order valence-corrected chi connectivity index (χ3v) is 2.62. The van der Waals surface area contributed by atoms with E-state index in [9.17, 15) is 9.59 Å². The minimum Gasteiger partial charge on any atom is -0.463 e. The molecule has 1 N–H and O–H groups in total. The zero-order valence-electron chi connectivity index (χ0n) is 10.3. The molecule has 0 bridgehead atoms. The Balaban J connectivity index is 2.32. The van der Waals surface area contributed by atoms with E-state index in [4.69, 9.17) is 4.74 Å². The Bertz CT molecular complexity index is 523. The minimum absolute atomic E-state index is 0.217. The van der Waals surface area contributed by atoms with Crippen molar-refractivity contribution in [3.63, 3.8) is 0 Å². The number of hydrogen-bond acceptors (Lipinski definition) is 4. The Morgan fingerprint density at radius 1 is 1.44 bits per heavy atom. The van der Waals surface area contributed by atoms with Crippen LogP contribution in [0.25, 0.3) is 0 Å². The van der Waals surface area contributed by atoms with E-state index in [0.717, 1.165) is 11.4 Å². The first-order valence-corrected chi connectivity index (χ1v) is 5.66. The summed E-state index contributed by atoms with van der Waals surface area (Å²) in [5, 5.41) is 2.94. The molecule has 1 aliphatic heterocycles. The summed E-state index contributed by atoms with van der Waals surface area (Å²) in [6, 6.07) is 7.39. The average Bonchev–Trinajstić information content (AvgIpc) is 2.36. The van der Waals surface area contributed by atoms with Crippen molar-refractivity contribution in [1.82, 2.24) is 0 Å². The number of nitrogens with one attached hydrogen (secondary N) is 1. The lowest BCUT2D eigenvalue weighted by atomic mass is 10.1. The van der Waals surface area contributed by atoms with Gasteiger partial charge in [0.15, 0.2) is 0 Å². The number of amides is 1. The number of rotatable bonds is 2. The highest BCUT2D eigenvalue weighted by Crippen LogP contribution is 2.31. The van der Waals surface area contributed by atoms with E-state index in [2.05, 4.69) is 5.32 Å². The van der Waals surface area contributed by atoms with E-state index in [1.165, 1.54) is 11.0 Å². The minimum atomic E-state index is -0.527. The van der Waals surface area contributed by atoms with Crippen molar-refractivity contribution in [3.05, 3.63) is 36.0 Å². The lowest BCUT2D eigenvalue weighted by Gasteiger charge is -2.28. The fraction of sp³-hybridized carbons (Fsp3) is 0.231. The van der Waals surface area contributed by atoms with E-state index in [1.807, 2.05) is 24.3 Å². The molecule has 18 heavy (non-hydrogen) atoms. The molecule has 0 saturated carbocycles. The van der Waals surface area contributed by atoms with Crippen LogP contribution in [0.1, 0.15) is 6.92 Å². The summed E-state index contributed by atoms with van der Waals surface area (Å²) in [5.74, 6) is -0.789. The Morgan fingerprint density at radius 2 is 2.17 bits per heavy atom. The van der Waals surface area contributed by atoms with Crippen molar-refractivity contribution >= 4 is 23.3 Å². The summed E-state index contributed by atoms with van der Waals surface area (Å²) in [4.78, 5) is 24.9. The van der Waals surface area contributed by atoms with Crippen LogP contribution in [0.2, 0.25) is 0 Å². The molecule has 0 unspecified atom stereocenters. The van der Waals surface area contributed by atoms with Gasteiger partial charge in [-0.2, -0.15) is 0 Å². The number of para-hydroxylation sites is 2. The fourth-order valence-corrected chi connectivity index (χ4v) is 1.76. The maximum atomic E-state index is 12.0. The van der Waals surface area contributed by atoms with Crippen LogP contribution < -0.4 is 10.2 Å². The van der Waals surface area contributed by atoms with Gasteiger partial charge in [0.05, 0.1) is 24.1 Å². The van der Waals surface area contributed by atoms with Crippen LogP contribution in [0.15, 0.2) is 36.0 Å². The zero-order valence-corrected chi connectivity index (χ0v) is 10.3. The van der Waals surface area contributed by atoms with Crippen molar-refractivity contribution in [2.45, 2.75) is 6.92 Å². The number of benzene rings is 1. The summed E-state index contributed by atoms with van der Waals surface area (Å²) in [6.45, 7) is 2.00. The molecule has 5 heteroatoms. The van der Waals surface area contributed by atoms with Gasteiger partial charge in [-0.15, -0.1) is 0 Å². The van der Waals surface area contributed by atoms with E-state index in [-0.39, 0.29) is 18.2 Å². The van der Waals surface area contributed by atoms with Crippen molar-refractivity contribution in [1.29, 1.82) is 0 Å². The molecule has 94 valence electrons. The van der Waals surface area contributed by atoms with Gasteiger partial charge in [-0.05, 0) is 19.1 Å². The predicted octanol–water partition coefficient (Wildman–Crippen LogP) is 1.52. The number of esters is 1. The fourth-order valence-electron chi connectivity index (χ4n) is 1.76. The Labute approximate surface area is 105 Å². The van der Waals surface area contributed by atoms with Crippen LogP contribution in [0.4, 0.5) is 11.4 Å². The van der Waals surface area contributed by atoms with Crippen LogP contribution in [-0.4, -0.2) is 25.5 Å². The van der Waals surface area contributed by atoms with E-state index in [1.54, 1.807) is 14.0 Å². The molecule has 1 aromatic rings. The van der Waals surface area contributed by atoms with E-state index in [0.29, 0.717) is 0 Å². The summed E-state index contributed by atoms with van der Waals surface area (Å²) in [5.41, 5.74) is 1.79. The normalized spacial score (nSPS) is 16.2. The average molecular weight is 246 g/mol. The Kier molecular flexibility index (Phi) is 3.32. The second kappa shape index (κ2) is 4.91. The van der Waals surface area contributed by atoms with Crippen LogP contribution in [-0.2, 0) is 14.3 Å². The molecular formula is C13H14N2O3. The monoisotopic (exact) mass is 246 g/mol. The molecule has 0 fully saturated rings. The van der Waals surface area contributed by atoms with Gasteiger partial charge in [-0.1, -0.05) is 12.1 Å². The smallest absolute Gasteiger partial charge is 0.333 e. The second-order valence-electron chi connectivity index (χ2n) is 3.82. The number of likely N-dealkylation sites (N-methyl/N-ethyl adjacent to an activating group) is 1. The Morgan fingerprint density at radius 3 is 2.89 bits per heavy atom. The second-order valence-corrected chi connectivity index (χ2v) is 3.82. The van der Waals surface area contributed by atoms with Gasteiger partial charge >= 0.3 is 5.97 Å². The SMILES string of the molecule is CCOC(=O)/C=C1/Nc2ccccc2N(C)C1=O. The number of ether oxygens (including phenoxy) is 1. The number of carbonyl (C=O) groups is 2. The zero-order chi connectivity index (χ0) is 13.1. The lowest BCUT2D eigenvalue weighted by Crippen LogP contribution is -2.35. The first-order chi connectivity index (χ1) is 8.63. The summed E-state index contributed by atoms with van der Waals surface area (Å²) < 4.78 is 4.79. The number of nitrogens with zero attached hydrogens (tertiary/aromatic N) is 1. The third kappa shape index (κ3) is 2.20. The standard InChI is InChI=1S/C13H14N2O3/c1-3-18-12(16)8-10-13(17)15(2)11-7-5-4-6-9(11)14-10/h4-8,14H,3H2,1-2H3/b10-8+. The number of hydrogen-bond donors (Lipinski definition) is 1. The van der Waals surface area contributed by atoms with Gasteiger partial charge in [0.1, 0.15) is 5.70 Å². The van der Waals surface area contributed by atoms with E-state index >= 15 is 0 Å². The molecule has 1 heterocycles. The van der Waals surface area contributed by atoms with Crippen molar-refractivity contribution in [2.75, 3.05) is 23.9 Å². The highest BCUT2D eigenvalue weighted by molar-refractivity contribution is 6.14. The molecule has 0 aromatic heterocycles. The van der Waals surface area contributed by atoms with Crippen LogP contribution in [0.5, 0.6) is 0 Å². The number of carbonyl (C=O) groups excluding carboxylic acids is 2. The van der Waals surface area contributed by atoms with Gasteiger partial charge in [0.2, 0.25) is 0 Å². The topological polar surface area (TPSA) is 58.6 Å². The van der Waals surface area contributed by atoms with Crippen LogP contribution in [0.3, 0.4) is 0 Å². The highest BCUT2D eigenvalue weighted by Gasteiger charge is 2.25. The largest absolute Gasteiger partial charge is 0.463 e. The molecule has 5 nitrogen and oxygen atoms in total. The molecule has 2 rings (SSSR count). The van der Waals surface area contributed by atoms with Gasteiger partial charge in [-0.25, -0.2) is 4.79 Å². The Hall–Kier alpha value is -2.30. The molecule has 1 aromatic carbocycles. The van der Waals surface area contributed by atoms with Crippen LogP contribution >= 0.6 is 0 Å². The molecule has 1 amide bonds. The number of fused-ring (bicyclic) bond motifs is 1. The molecule has 0 spiro atoms. The molecule has 0 aliphatic carbocycles. The molecule has 0 radical (unpaired) electrons. The summed E-state index contributed by atoms with van der Waals surface area (Å²) in [7, 11) is 1.67. The predicted molar refractivity (Wildman–Crippen MR) is 68.2 cm³/mol. The summed E-state index contributed by atoms with van der Waals surface area (Å²) in [6.07, 6.45) is 1.18. The molecule has 0 atom stereocenters. The molecule has 1 aliphatic rings. The maximum Gasteiger partial charge on any atom is 0.333 e. The lowest BCUT2D eigenvalue weighted by molar-refractivity contribution is -0.137.